The van der Waals surface area contributed by atoms with Crippen molar-refractivity contribution in [3.8, 4) is 0 Å². The number of nitrogens with zero attached hydrogens (tertiary/aromatic N) is 2. The van der Waals surface area contributed by atoms with E-state index in [4.69, 9.17) is 11.6 Å². The summed E-state index contributed by atoms with van der Waals surface area (Å²) in [7, 11) is 0. The highest BCUT2D eigenvalue weighted by atomic mass is 35.5. The smallest absolute Gasteiger partial charge is 0.346 e. The molecule has 1 rings (SSSR count). The average molecular weight is 295 g/mol. The first-order chi connectivity index (χ1) is 8.63. The summed E-state index contributed by atoms with van der Waals surface area (Å²) >= 11 is 5.54. The van der Waals surface area contributed by atoms with Gasteiger partial charge in [0.05, 0.1) is 0 Å². The van der Waals surface area contributed by atoms with Gasteiger partial charge in [0.25, 0.3) is 0 Å². The van der Waals surface area contributed by atoms with Gasteiger partial charge in [0.15, 0.2) is 0 Å². The molecule has 1 aromatic heterocycles. The molecule has 0 aliphatic rings. The minimum absolute atomic E-state index is 0.0765. The molecule has 0 unspecified atom stereocenters. The Morgan fingerprint density at radius 3 is 2.21 bits per heavy atom. The molecule has 0 aliphatic carbocycles. The standard InChI is InChI=1S/C13H18ClF3N2/c1-12(2,3)10-4-5-11(18-8-10)19(7-6-14)9-13(15,16)17/h4-5,8H,6-7,9H2,1-3H3. The maximum absolute atomic E-state index is 12.5. The molecule has 0 fully saturated rings. The van der Waals surface area contributed by atoms with E-state index in [1.165, 1.54) is 0 Å². The molecular formula is C13H18ClF3N2. The van der Waals surface area contributed by atoms with Gasteiger partial charge in [-0.15, -0.1) is 11.6 Å². The van der Waals surface area contributed by atoms with Crippen molar-refractivity contribution < 1.29 is 13.2 Å². The Kier molecular flexibility index (Phi) is 5.07. The highest BCUT2D eigenvalue weighted by Crippen LogP contribution is 2.25. The maximum atomic E-state index is 12.5. The molecule has 0 aliphatic heterocycles. The second kappa shape index (κ2) is 5.99. The van der Waals surface area contributed by atoms with E-state index in [1.54, 1.807) is 18.3 Å². The van der Waals surface area contributed by atoms with Crippen molar-refractivity contribution in [2.75, 3.05) is 23.9 Å². The van der Waals surface area contributed by atoms with Crippen LogP contribution >= 0.6 is 11.6 Å². The molecule has 108 valence electrons. The van der Waals surface area contributed by atoms with E-state index in [0.717, 1.165) is 10.5 Å². The molecule has 0 aromatic carbocycles. The van der Waals surface area contributed by atoms with E-state index in [-0.39, 0.29) is 17.8 Å². The largest absolute Gasteiger partial charge is 0.405 e. The molecule has 0 radical (unpaired) electrons. The van der Waals surface area contributed by atoms with Crippen molar-refractivity contribution in [1.82, 2.24) is 4.98 Å². The van der Waals surface area contributed by atoms with Gasteiger partial charge < -0.3 is 4.90 Å². The van der Waals surface area contributed by atoms with Gasteiger partial charge in [-0.3, -0.25) is 0 Å². The molecule has 0 saturated heterocycles. The number of alkyl halides is 4. The van der Waals surface area contributed by atoms with Crippen molar-refractivity contribution in [1.29, 1.82) is 0 Å². The van der Waals surface area contributed by atoms with Gasteiger partial charge in [-0.1, -0.05) is 26.8 Å². The Bertz CT molecular complexity index is 396. The number of halogens is 4. The third-order valence-corrected chi connectivity index (χ3v) is 2.83. The summed E-state index contributed by atoms with van der Waals surface area (Å²) in [5.41, 5.74) is 0.904. The van der Waals surface area contributed by atoms with Crippen molar-refractivity contribution in [2.45, 2.75) is 32.4 Å². The lowest BCUT2D eigenvalue weighted by atomic mass is 9.88. The van der Waals surface area contributed by atoms with Gasteiger partial charge in [-0.25, -0.2) is 4.98 Å². The summed E-state index contributed by atoms with van der Waals surface area (Å²) in [5, 5.41) is 0. The first-order valence-electron chi connectivity index (χ1n) is 5.97. The number of rotatable bonds is 4. The topological polar surface area (TPSA) is 16.1 Å². The van der Waals surface area contributed by atoms with E-state index in [0.29, 0.717) is 5.82 Å². The minimum atomic E-state index is -4.27. The summed E-state index contributed by atoms with van der Waals surface area (Å²) in [6.07, 6.45) is -2.65. The molecule has 0 bridgehead atoms. The lowest BCUT2D eigenvalue weighted by Gasteiger charge is -2.25. The zero-order valence-electron chi connectivity index (χ0n) is 11.3. The molecule has 1 heterocycles. The molecule has 0 amide bonds. The molecule has 0 atom stereocenters. The summed E-state index contributed by atoms with van der Waals surface area (Å²) in [6, 6.07) is 3.42. The van der Waals surface area contributed by atoms with Crippen LogP contribution in [0.25, 0.3) is 0 Å². The summed E-state index contributed by atoms with van der Waals surface area (Å²) in [4.78, 5) is 5.25. The van der Waals surface area contributed by atoms with Crippen LogP contribution in [0.4, 0.5) is 19.0 Å². The molecule has 19 heavy (non-hydrogen) atoms. The molecule has 0 spiro atoms. The van der Waals surface area contributed by atoms with Gasteiger partial charge in [0, 0.05) is 18.6 Å². The lowest BCUT2D eigenvalue weighted by molar-refractivity contribution is -0.119. The van der Waals surface area contributed by atoms with E-state index in [1.807, 2.05) is 20.8 Å². The predicted molar refractivity (Wildman–Crippen MR) is 71.9 cm³/mol. The number of pyridine rings is 1. The van der Waals surface area contributed by atoms with Crippen LogP contribution in [0.5, 0.6) is 0 Å². The first-order valence-corrected chi connectivity index (χ1v) is 6.51. The third kappa shape index (κ3) is 5.27. The number of hydrogen-bond acceptors (Lipinski definition) is 2. The SMILES string of the molecule is CC(C)(C)c1ccc(N(CCCl)CC(F)(F)F)nc1. The molecule has 2 nitrogen and oxygen atoms in total. The van der Waals surface area contributed by atoms with E-state index in [9.17, 15) is 13.2 Å². The van der Waals surface area contributed by atoms with Crippen molar-refractivity contribution >= 4 is 17.4 Å². The molecule has 6 heteroatoms. The maximum Gasteiger partial charge on any atom is 0.405 e. The second-order valence-corrected chi connectivity index (χ2v) is 5.76. The highest BCUT2D eigenvalue weighted by Gasteiger charge is 2.31. The first kappa shape index (κ1) is 16.1. The van der Waals surface area contributed by atoms with Crippen LogP contribution in [0.3, 0.4) is 0 Å². The van der Waals surface area contributed by atoms with Crippen LogP contribution in [0, 0.1) is 0 Å². The van der Waals surface area contributed by atoms with E-state index in [2.05, 4.69) is 4.98 Å². The van der Waals surface area contributed by atoms with Gasteiger partial charge in [0.1, 0.15) is 12.4 Å². The van der Waals surface area contributed by atoms with Crippen LogP contribution in [0.15, 0.2) is 18.3 Å². The fourth-order valence-corrected chi connectivity index (χ4v) is 1.81. The molecular weight excluding hydrogens is 277 g/mol. The Morgan fingerprint density at radius 1 is 1.21 bits per heavy atom. The van der Waals surface area contributed by atoms with Crippen LogP contribution in [-0.2, 0) is 5.41 Å². The summed E-state index contributed by atoms with van der Waals surface area (Å²) in [6.45, 7) is 5.15. The van der Waals surface area contributed by atoms with Crippen LogP contribution < -0.4 is 4.90 Å². The Balaban J connectivity index is 2.91. The molecule has 0 N–H and O–H groups in total. The van der Waals surface area contributed by atoms with Crippen LogP contribution in [0.1, 0.15) is 26.3 Å². The summed E-state index contributed by atoms with van der Waals surface area (Å²) < 4.78 is 37.4. The Morgan fingerprint density at radius 2 is 1.84 bits per heavy atom. The van der Waals surface area contributed by atoms with E-state index < -0.39 is 12.7 Å². The zero-order chi connectivity index (χ0) is 14.7. The fraction of sp³-hybridized carbons (Fsp3) is 0.615. The Hall–Kier alpha value is -0.970. The van der Waals surface area contributed by atoms with Crippen molar-refractivity contribution in [3.63, 3.8) is 0 Å². The van der Waals surface area contributed by atoms with Crippen molar-refractivity contribution in [2.24, 2.45) is 0 Å². The van der Waals surface area contributed by atoms with Gasteiger partial charge in [-0.2, -0.15) is 13.2 Å². The number of anilines is 1. The normalized spacial score (nSPS) is 12.6. The predicted octanol–water partition coefficient (Wildman–Crippen LogP) is 3.99. The summed E-state index contributed by atoms with van der Waals surface area (Å²) in [5.74, 6) is 0.421. The molecule has 0 saturated carbocycles. The van der Waals surface area contributed by atoms with Gasteiger partial charge >= 0.3 is 6.18 Å². The van der Waals surface area contributed by atoms with E-state index >= 15 is 0 Å². The lowest BCUT2D eigenvalue weighted by Crippen LogP contribution is -2.36. The number of hydrogen-bond donors (Lipinski definition) is 0. The monoisotopic (exact) mass is 294 g/mol. The third-order valence-electron chi connectivity index (χ3n) is 2.66. The molecule has 1 aromatic rings. The van der Waals surface area contributed by atoms with Gasteiger partial charge in [0.2, 0.25) is 0 Å². The zero-order valence-corrected chi connectivity index (χ0v) is 12.0. The van der Waals surface area contributed by atoms with Gasteiger partial charge in [-0.05, 0) is 17.0 Å². The minimum Gasteiger partial charge on any atom is -0.346 e. The Labute approximate surface area is 116 Å². The average Bonchev–Trinajstić information content (AvgIpc) is 2.26. The quantitative estimate of drug-likeness (QED) is 0.781. The van der Waals surface area contributed by atoms with Crippen LogP contribution in [-0.4, -0.2) is 30.1 Å². The van der Waals surface area contributed by atoms with Crippen LogP contribution in [0.2, 0.25) is 0 Å². The second-order valence-electron chi connectivity index (χ2n) is 5.38. The number of aromatic nitrogens is 1. The van der Waals surface area contributed by atoms with Crippen molar-refractivity contribution in [3.05, 3.63) is 23.9 Å². The highest BCUT2D eigenvalue weighted by molar-refractivity contribution is 6.18. The fourth-order valence-electron chi connectivity index (χ4n) is 1.61.